The number of rotatable bonds is 15. The second-order valence-corrected chi connectivity index (χ2v) is 12.2. The van der Waals surface area contributed by atoms with Crippen LogP contribution in [0.3, 0.4) is 0 Å². The Bertz CT molecular complexity index is 1560. The molecular formula is C34H48N2O8. The first-order valence-electron chi connectivity index (χ1n) is 14.8. The number of aliphatic hydroxyl groups excluding tert-OH is 2. The van der Waals surface area contributed by atoms with E-state index in [0.29, 0.717) is 54.3 Å². The van der Waals surface area contributed by atoms with E-state index in [-0.39, 0.29) is 40.9 Å². The monoisotopic (exact) mass is 612 g/mol. The van der Waals surface area contributed by atoms with Crippen LogP contribution in [-0.2, 0) is 12.8 Å². The largest absolute Gasteiger partial charge is 0.507 e. The lowest BCUT2D eigenvalue weighted by atomic mass is 9.98. The Balaban J connectivity index is 2.30. The Morgan fingerprint density at radius 3 is 1.80 bits per heavy atom. The average molecular weight is 613 g/mol. The second-order valence-electron chi connectivity index (χ2n) is 12.2. The molecule has 0 spiro atoms. The summed E-state index contributed by atoms with van der Waals surface area (Å²) in [6.45, 7) is 8.60. The molecule has 10 nitrogen and oxygen atoms in total. The third-order valence-electron chi connectivity index (χ3n) is 6.96. The molecule has 0 saturated carbocycles. The van der Waals surface area contributed by atoms with Gasteiger partial charge in [-0.15, -0.1) is 0 Å². The summed E-state index contributed by atoms with van der Waals surface area (Å²) in [7, 11) is 8.93. The molecule has 0 aliphatic rings. The first-order valence-corrected chi connectivity index (χ1v) is 14.8. The summed E-state index contributed by atoms with van der Waals surface area (Å²) in [5, 5.41) is 32.7. The standard InChI is InChI=1S/C34H48N2O8/c1-20(2)10-12-24-26(42-18-22(37)16-35(5)6)14-28-31(32(24)39)33(40)30-25(13-11-21(3)4)34(41-9)29(15-27(30)44-28)43-19-23(38)17-36(7)8/h10-11,14-15,22-23,37-39H,12-13,16-19H2,1-9H3. The molecule has 2 aromatic carbocycles. The summed E-state index contributed by atoms with van der Waals surface area (Å²) >= 11 is 0. The predicted octanol–water partition coefficient (Wildman–Crippen LogP) is 4.28. The number of benzene rings is 2. The van der Waals surface area contributed by atoms with Crippen LogP contribution in [0.1, 0.15) is 38.8 Å². The summed E-state index contributed by atoms with van der Waals surface area (Å²) in [5.74, 6) is 0.768. The maximum absolute atomic E-state index is 14.2. The summed E-state index contributed by atoms with van der Waals surface area (Å²) < 4.78 is 24.1. The molecule has 44 heavy (non-hydrogen) atoms. The zero-order valence-electron chi connectivity index (χ0n) is 27.5. The molecule has 2 atom stereocenters. The minimum Gasteiger partial charge on any atom is -0.507 e. The van der Waals surface area contributed by atoms with E-state index in [4.69, 9.17) is 18.6 Å². The fourth-order valence-corrected chi connectivity index (χ4v) is 4.99. The van der Waals surface area contributed by atoms with Crippen molar-refractivity contribution in [3.05, 3.63) is 56.8 Å². The lowest BCUT2D eigenvalue weighted by molar-refractivity contribution is 0.0818. The van der Waals surface area contributed by atoms with Crippen molar-refractivity contribution >= 4 is 21.9 Å². The first kappa shape index (κ1) is 34.9. The second kappa shape index (κ2) is 15.4. The number of hydrogen-bond acceptors (Lipinski definition) is 10. The van der Waals surface area contributed by atoms with Crippen LogP contribution in [0.5, 0.6) is 23.0 Å². The van der Waals surface area contributed by atoms with Gasteiger partial charge in [0.1, 0.15) is 53.5 Å². The smallest absolute Gasteiger partial charge is 0.204 e. The molecule has 0 aliphatic heterocycles. The molecule has 0 radical (unpaired) electrons. The lowest BCUT2D eigenvalue weighted by Gasteiger charge is -2.20. The number of nitrogens with zero attached hydrogens (tertiary/aromatic N) is 2. The summed E-state index contributed by atoms with van der Waals surface area (Å²) in [5.41, 5.74) is 3.02. The van der Waals surface area contributed by atoms with E-state index in [1.165, 1.54) is 7.11 Å². The van der Waals surface area contributed by atoms with E-state index in [2.05, 4.69) is 0 Å². The van der Waals surface area contributed by atoms with Crippen molar-refractivity contribution in [1.29, 1.82) is 0 Å². The van der Waals surface area contributed by atoms with Crippen LogP contribution < -0.4 is 19.6 Å². The fourth-order valence-electron chi connectivity index (χ4n) is 4.99. The Kier molecular flexibility index (Phi) is 12.2. The van der Waals surface area contributed by atoms with E-state index in [1.807, 2.05) is 77.8 Å². The lowest BCUT2D eigenvalue weighted by Crippen LogP contribution is -2.30. The van der Waals surface area contributed by atoms with Gasteiger partial charge in [0.25, 0.3) is 0 Å². The third kappa shape index (κ3) is 8.75. The molecule has 0 aliphatic carbocycles. The number of methoxy groups -OCH3 is 1. The van der Waals surface area contributed by atoms with Gasteiger partial charge in [0, 0.05) is 36.3 Å². The number of aromatic hydroxyl groups is 1. The quantitative estimate of drug-likeness (QED) is 0.169. The minimum absolute atomic E-state index is 0.00171. The SMILES string of the molecule is COc1c(OCC(O)CN(C)C)cc2oc3cc(OCC(O)CN(C)C)c(CC=C(C)C)c(O)c3c(=O)c2c1CC=C(C)C. The average Bonchev–Trinajstić information content (AvgIpc) is 2.91. The highest BCUT2D eigenvalue weighted by Gasteiger charge is 2.25. The van der Waals surface area contributed by atoms with Crippen LogP contribution in [0.2, 0.25) is 0 Å². The van der Waals surface area contributed by atoms with Crippen molar-refractivity contribution in [3.8, 4) is 23.0 Å². The summed E-state index contributed by atoms with van der Waals surface area (Å²) in [6.07, 6.45) is 3.05. The fraction of sp³-hybridized carbons (Fsp3) is 0.500. The van der Waals surface area contributed by atoms with Crippen LogP contribution >= 0.6 is 0 Å². The van der Waals surface area contributed by atoms with Crippen LogP contribution in [0.15, 0.2) is 44.6 Å². The van der Waals surface area contributed by atoms with Crippen LogP contribution in [0.4, 0.5) is 0 Å². The molecule has 10 heteroatoms. The van der Waals surface area contributed by atoms with E-state index in [9.17, 15) is 20.1 Å². The van der Waals surface area contributed by atoms with Crippen molar-refractivity contribution in [2.24, 2.45) is 0 Å². The zero-order valence-corrected chi connectivity index (χ0v) is 27.5. The number of aliphatic hydroxyl groups is 2. The van der Waals surface area contributed by atoms with E-state index in [1.54, 1.807) is 12.1 Å². The molecule has 0 fully saturated rings. The van der Waals surface area contributed by atoms with Crippen LogP contribution in [0.25, 0.3) is 21.9 Å². The highest BCUT2D eigenvalue weighted by Crippen LogP contribution is 2.41. The summed E-state index contributed by atoms with van der Waals surface area (Å²) in [6, 6.07) is 3.17. The molecule has 3 aromatic rings. The zero-order chi connectivity index (χ0) is 32.7. The number of phenols is 1. The predicted molar refractivity (Wildman–Crippen MR) is 175 cm³/mol. The summed E-state index contributed by atoms with van der Waals surface area (Å²) in [4.78, 5) is 18.0. The maximum atomic E-state index is 14.2. The normalized spacial score (nSPS) is 12.9. The van der Waals surface area contributed by atoms with E-state index in [0.717, 1.165) is 11.1 Å². The molecular weight excluding hydrogens is 564 g/mol. The Hall–Kier alpha value is -3.57. The van der Waals surface area contributed by atoms with Gasteiger partial charge < -0.3 is 43.7 Å². The minimum atomic E-state index is -0.768. The van der Waals surface area contributed by atoms with Crippen molar-refractivity contribution < 1.29 is 33.9 Å². The van der Waals surface area contributed by atoms with Gasteiger partial charge in [-0.05, 0) is 68.7 Å². The molecule has 1 aromatic heterocycles. The van der Waals surface area contributed by atoms with Gasteiger partial charge in [-0.2, -0.15) is 0 Å². The van der Waals surface area contributed by atoms with Crippen molar-refractivity contribution in [3.63, 3.8) is 0 Å². The van der Waals surface area contributed by atoms with Crippen molar-refractivity contribution in [2.75, 3.05) is 61.6 Å². The highest BCUT2D eigenvalue weighted by atomic mass is 16.5. The van der Waals surface area contributed by atoms with Crippen LogP contribution in [-0.4, -0.2) is 98.9 Å². The molecule has 0 saturated heterocycles. The van der Waals surface area contributed by atoms with Gasteiger partial charge >= 0.3 is 0 Å². The number of hydrogen-bond donors (Lipinski definition) is 3. The Morgan fingerprint density at radius 2 is 1.30 bits per heavy atom. The highest BCUT2D eigenvalue weighted by molar-refractivity contribution is 5.98. The molecule has 242 valence electrons. The van der Waals surface area contributed by atoms with Crippen molar-refractivity contribution in [1.82, 2.24) is 9.80 Å². The maximum Gasteiger partial charge on any atom is 0.204 e. The molecule has 0 bridgehead atoms. The molecule has 3 rings (SSSR count). The first-order chi connectivity index (χ1) is 20.7. The Morgan fingerprint density at radius 1 is 0.818 bits per heavy atom. The van der Waals surface area contributed by atoms with Gasteiger partial charge in [0.15, 0.2) is 11.5 Å². The number of ether oxygens (including phenoxy) is 3. The van der Waals surface area contributed by atoms with Crippen LogP contribution in [0, 0.1) is 0 Å². The van der Waals surface area contributed by atoms with Gasteiger partial charge in [-0.25, -0.2) is 0 Å². The topological polar surface area (TPSA) is 125 Å². The van der Waals surface area contributed by atoms with Gasteiger partial charge in [-0.3, -0.25) is 4.79 Å². The number of phenolic OH excluding ortho intramolecular Hbond substituents is 1. The number of fused-ring (bicyclic) bond motifs is 2. The Labute approximate surface area is 259 Å². The van der Waals surface area contributed by atoms with Crippen molar-refractivity contribution in [2.45, 2.75) is 52.7 Å². The number of likely N-dealkylation sites (N-methyl/N-ethyl adjacent to an activating group) is 2. The molecule has 0 amide bonds. The van der Waals surface area contributed by atoms with Gasteiger partial charge in [0.2, 0.25) is 5.43 Å². The van der Waals surface area contributed by atoms with Gasteiger partial charge in [-0.1, -0.05) is 23.3 Å². The van der Waals surface area contributed by atoms with E-state index >= 15 is 0 Å². The van der Waals surface area contributed by atoms with Gasteiger partial charge in [0.05, 0.1) is 12.5 Å². The molecule has 1 heterocycles. The number of allylic oxidation sites excluding steroid dienone is 4. The molecule has 3 N–H and O–H groups in total. The molecule has 2 unspecified atom stereocenters. The third-order valence-corrected chi connectivity index (χ3v) is 6.96. The van der Waals surface area contributed by atoms with E-state index < -0.39 is 17.6 Å².